The highest BCUT2D eigenvalue weighted by Crippen LogP contribution is 2.41. The molecule has 0 unspecified atom stereocenters. The smallest absolute Gasteiger partial charge is 0.224 e. The van der Waals surface area contributed by atoms with E-state index in [1.807, 2.05) is 59.4 Å². The van der Waals surface area contributed by atoms with Crippen molar-refractivity contribution in [2.45, 2.75) is 31.5 Å². The lowest BCUT2D eigenvalue weighted by Crippen LogP contribution is -2.44. The molecule has 1 fully saturated rings. The first-order valence-electron chi connectivity index (χ1n) is 14.3. The quantitative estimate of drug-likeness (QED) is 0.186. The first kappa shape index (κ1) is 29.6. The summed E-state index contributed by atoms with van der Waals surface area (Å²) in [7, 11) is 6.84. The highest BCUT2D eigenvalue weighted by Gasteiger charge is 2.31. The van der Waals surface area contributed by atoms with E-state index in [-0.39, 0.29) is 12.0 Å². The zero-order valence-electron chi connectivity index (χ0n) is 25.0. The fourth-order valence-electron chi connectivity index (χ4n) is 5.83. The molecule has 6 rings (SSSR count). The van der Waals surface area contributed by atoms with Gasteiger partial charge < -0.3 is 19.3 Å². The van der Waals surface area contributed by atoms with Gasteiger partial charge in [0.2, 0.25) is 5.88 Å². The number of nitrogens with zero attached hydrogens (tertiary/aromatic N) is 4. The molecule has 0 spiro atoms. The van der Waals surface area contributed by atoms with E-state index in [4.69, 9.17) is 30.9 Å². The van der Waals surface area contributed by atoms with Crippen LogP contribution in [0.5, 0.6) is 17.4 Å². The van der Waals surface area contributed by atoms with Crippen molar-refractivity contribution in [3.8, 4) is 45.5 Å². The zero-order chi connectivity index (χ0) is 31.0. The molecule has 5 aromatic rings. The molecule has 2 heterocycles. The molecular weight excluding hydrogens is 580 g/mol. The largest absolute Gasteiger partial charge is 0.496 e. The molecule has 0 bridgehead atoms. The second-order valence-electron chi connectivity index (χ2n) is 10.9. The van der Waals surface area contributed by atoms with E-state index in [9.17, 15) is 9.90 Å². The maximum atomic E-state index is 11.4. The summed E-state index contributed by atoms with van der Waals surface area (Å²) in [5.41, 5.74) is 6.04. The number of ether oxygens (including phenoxy) is 3. The van der Waals surface area contributed by atoms with Gasteiger partial charge in [-0.15, -0.1) is 0 Å². The summed E-state index contributed by atoms with van der Waals surface area (Å²) in [6.07, 6.45) is 3.86. The molecule has 10 heteroatoms. The lowest BCUT2D eigenvalue weighted by molar-refractivity contribution is 0.00885. The SMILES string of the molecule is COc1cc(-n2ncc3c(-c4cccc(-c5ccc(C=O)c(OC)n5)c4Cl)cccc32)cc(OC)c1CN(C)C1CC(O)C1. The van der Waals surface area contributed by atoms with Crippen molar-refractivity contribution in [1.29, 1.82) is 0 Å². The highest BCUT2D eigenvalue weighted by molar-refractivity contribution is 6.36. The van der Waals surface area contributed by atoms with Gasteiger partial charge in [-0.05, 0) is 43.7 Å². The molecule has 0 atom stereocenters. The van der Waals surface area contributed by atoms with Crippen molar-refractivity contribution >= 4 is 28.8 Å². The molecule has 0 aliphatic heterocycles. The van der Waals surface area contributed by atoms with Gasteiger partial charge in [-0.25, -0.2) is 9.67 Å². The Balaban J connectivity index is 1.39. The Hall–Kier alpha value is -4.44. The van der Waals surface area contributed by atoms with E-state index in [2.05, 4.69) is 16.9 Å². The summed E-state index contributed by atoms with van der Waals surface area (Å²) >= 11 is 7.03. The van der Waals surface area contributed by atoms with Crippen LogP contribution in [-0.2, 0) is 6.54 Å². The van der Waals surface area contributed by atoms with Crippen LogP contribution in [0, 0.1) is 0 Å². The van der Waals surface area contributed by atoms with E-state index in [1.165, 1.54) is 7.11 Å². The lowest BCUT2D eigenvalue weighted by Gasteiger charge is -2.38. The average Bonchev–Trinajstić information content (AvgIpc) is 3.47. The Bertz CT molecular complexity index is 1820. The molecular formula is C34H33ClN4O5. The van der Waals surface area contributed by atoms with Gasteiger partial charge in [0.05, 0.1) is 66.7 Å². The van der Waals surface area contributed by atoms with Gasteiger partial charge in [0.15, 0.2) is 6.29 Å². The third-order valence-electron chi connectivity index (χ3n) is 8.34. The van der Waals surface area contributed by atoms with Crippen LogP contribution >= 0.6 is 11.6 Å². The summed E-state index contributed by atoms with van der Waals surface area (Å²) in [6, 6.07) is 19.5. The third-order valence-corrected chi connectivity index (χ3v) is 8.75. The zero-order valence-corrected chi connectivity index (χ0v) is 25.7. The van der Waals surface area contributed by atoms with Crippen molar-refractivity contribution in [3.05, 3.63) is 83.0 Å². The predicted octanol–water partition coefficient (Wildman–Crippen LogP) is 6.20. The van der Waals surface area contributed by atoms with E-state index >= 15 is 0 Å². The van der Waals surface area contributed by atoms with Crippen LogP contribution in [0.15, 0.2) is 66.9 Å². The Morgan fingerprint density at radius 3 is 2.32 bits per heavy atom. The van der Waals surface area contributed by atoms with Crippen molar-refractivity contribution in [1.82, 2.24) is 19.7 Å². The molecule has 3 aromatic carbocycles. The van der Waals surface area contributed by atoms with Crippen molar-refractivity contribution in [2.75, 3.05) is 28.4 Å². The Morgan fingerprint density at radius 2 is 1.66 bits per heavy atom. The molecule has 226 valence electrons. The van der Waals surface area contributed by atoms with Gasteiger partial charge in [-0.1, -0.05) is 41.9 Å². The van der Waals surface area contributed by atoms with Gasteiger partial charge in [-0.2, -0.15) is 5.10 Å². The number of aromatic nitrogens is 3. The number of benzene rings is 3. The molecule has 1 aliphatic carbocycles. The summed E-state index contributed by atoms with van der Waals surface area (Å²) in [5.74, 6) is 1.64. The van der Waals surface area contributed by atoms with Gasteiger partial charge in [0, 0.05) is 41.2 Å². The van der Waals surface area contributed by atoms with Crippen LogP contribution in [0.2, 0.25) is 5.02 Å². The summed E-state index contributed by atoms with van der Waals surface area (Å²) < 4.78 is 18.9. The third kappa shape index (κ3) is 5.27. The second-order valence-corrected chi connectivity index (χ2v) is 11.3. The van der Waals surface area contributed by atoms with Gasteiger partial charge in [0.25, 0.3) is 0 Å². The maximum absolute atomic E-state index is 11.4. The van der Waals surface area contributed by atoms with E-state index in [0.29, 0.717) is 46.7 Å². The van der Waals surface area contributed by atoms with Crippen molar-refractivity contribution in [2.24, 2.45) is 0 Å². The molecule has 2 aromatic heterocycles. The monoisotopic (exact) mass is 612 g/mol. The Kier molecular flexibility index (Phi) is 8.27. The molecule has 44 heavy (non-hydrogen) atoms. The number of pyridine rings is 1. The van der Waals surface area contributed by atoms with E-state index in [1.54, 1.807) is 26.4 Å². The molecule has 1 saturated carbocycles. The Labute approximate surface area is 260 Å². The standard InChI is InChI=1S/C34H33ClN4O5/c1-38(21-13-23(41)14-21)18-28-31(42-2)15-22(16-32(28)43-3)39-30-10-6-7-24(27(30)17-36-39)25-8-5-9-26(33(25)35)29-12-11-20(19-40)34(37-29)44-4/h5-12,15-17,19,21,23,41H,13-14,18H2,1-4H3. The number of aliphatic hydroxyl groups excluding tert-OH is 1. The van der Waals surface area contributed by atoms with Crippen molar-refractivity contribution in [3.63, 3.8) is 0 Å². The molecule has 0 radical (unpaired) electrons. The summed E-state index contributed by atoms with van der Waals surface area (Å²) in [6.45, 7) is 0.626. The first-order valence-corrected chi connectivity index (χ1v) is 14.6. The van der Waals surface area contributed by atoms with Gasteiger partial charge in [0.1, 0.15) is 11.5 Å². The number of hydrogen-bond acceptors (Lipinski definition) is 8. The first-order chi connectivity index (χ1) is 21.4. The number of carbonyl (C=O) groups is 1. The predicted molar refractivity (Wildman–Crippen MR) is 170 cm³/mol. The minimum atomic E-state index is -0.223. The van der Waals surface area contributed by atoms with Crippen LogP contribution < -0.4 is 14.2 Å². The summed E-state index contributed by atoms with van der Waals surface area (Å²) in [5, 5.41) is 16.0. The van der Waals surface area contributed by atoms with E-state index < -0.39 is 0 Å². The van der Waals surface area contributed by atoms with Crippen LogP contribution in [0.1, 0.15) is 28.8 Å². The molecule has 0 saturated heterocycles. The second kappa shape index (κ2) is 12.3. The van der Waals surface area contributed by atoms with Crippen molar-refractivity contribution < 1.29 is 24.1 Å². The number of aldehydes is 1. The molecule has 1 aliphatic rings. The number of halogens is 1. The summed E-state index contributed by atoms with van der Waals surface area (Å²) in [4.78, 5) is 18.1. The molecule has 0 amide bonds. The number of fused-ring (bicyclic) bond motifs is 1. The molecule has 1 N–H and O–H groups in total. The van der Waals surface area contributed by atoms with Crippen LogP contribution in [0.25, 0.3) is 39.0 Å². The number of hydrogen-bond donors (Lipinski definition) is 1. The minimum absolute atomic E-state index is 0.223. The van der Waals surface area contributed by atoms with E-state index in [0.717, 1.165) is 51.7 Å². The van der Waals surface area contributed by atoms with Crippen LogP contribution in [0.4, 0.5) is 0 Å². The van der Waals surface area contributed by atoms with Gasteiger partial charge in [-0.3, -0.25) is 9.69 Å². The minimum Gasteiger partial charge on any atom is -0.496 e. The number of carbonyl (C=O) groups excluding carboxylic acids is 1. The highest BCUT2D eigenvalue weighted by atomic mass is 35.5. The van der Waals surface area contributed by atoms with Crippen LogP contribution in [-0.4, -0.2) is 71.6 Å². The topological polar surface area (TPSA) is 98.9 Å². The normalized spacial score (nSPS) is 16.2. The fraction of sp³-hybridized carbons (Fsp3) is 0.265. The maximum Gasteiger partial charge on any atom is 0.224 e. The number of rotatable bonds is 10. The number of aliphatic hydroxyl groups is 1. The number of methoxy groups -OCH3 is 3. The fourth-order valence-corrected chi connectivity index (χ4v) is 6.15. The lowest BCUT2D eigenvalue weighted by atomic mass is 9.88. The van der Waals surface area contributed by atoms with Gasteiger partial charge >= 0.3 is 0 Å². The average molecular weight is 613 g/mol. The van der Waals surface area contributed by atoms with Crippen LogP contribution in [0.3, 0.4) is 0 Å². The Morgan fingerprint density at radius 1 is 0.977 bits per heavy atom. The molecule has 9 nitrogen and oxygen atoms in total.